The highest BCUT2D eigenvalue weighted by Gasteiger charge is 2.15. The van der Waals surface area contributed by atoms with Gasteiger partial charge < -0.3 is 5.32 Å². The lowest BCUT2D eigenvalue weighted by atomic mass is 10.1. The molecule has 5 nitrogen and oxygen atoms in total. The van der Waals surface area contributed by atoms with Crippen LogP contribution < -0.4 is 5.32 Å². The van der Waals surface area contributed by atoms with Crippen LogP contribution in [0.15, 0.2) is 24.3 Å². The second-order valence-electron chi connectivity index (χ2n) is 5.22. The number of halogens is 2. The minimum absolute atomic E-state index is 0.126. The quantitative estimate of drug-likeness (QED) is 0.759. The van der Waals surface area contributed by atoms with Crippen LogP contribution >= 0.6 is 11.3 Å². The molecule has 0 unspecified atom stereocenters. The third kappa shape index (κ3) is 3.33. The smallest absolute Gasteiger partial charge is 0.269 e. The van der Waals surface area contributed by atoms with E-state index in [0.29, 0.717) is 6.54 Å². The fourth-order valence-electron chi connectivity index (χ4n) is 2.27. The molecule has 2 aromatic heterocycles. The minimum Gasteiger partial charge on any atom is -0.346 e. The summed E-state index contributed by atoms with van der Waals surface area (Å²) in [7, 11) is 0. The number of amides is 1. The highest BCUT2D eigenvalue weighted by molar-refractivity contribution is 7.11. The van der Waals surface area contributed by atoms with Crippen LogP contribution in [0.25, 0.3) is 11.3 Å². The van der Waals surface area contributed by atoms with Gasteiger partial charge in [0, 0.05) is 16.5 Å². The molecule has 1 amide bonds. The molecule has 0 saturated carbocycles. The van der Waals surface area contributed by atoms with Crippen LogP contribution in [0.3, 0.4) is 0 Å². The Bertz CT molecular complexity index is 903. The fraction of sp³-hybridized carbons (Fsp3) is 0.188. The van der Waals surface area contributed by atoms with Crippen LogP contribution in [0.4, 0.5) is 8.78 Å². The first kappa shape index (κ1) is 16.3. The monoisotopic (exact) mass is 348 g/mol. The normalized spacial score (nSPS) is 10.8. The SMILES string of the molecule is Cc1nc(C)c(CNC(=O)c2cc(-c3ccc(F)cc3F)n[nH]2)s1. The van der Waals surface area contributed by atoms with Gasteiger partial charge in [-0.25, -0.2) is 13.8 Å². The Morgan fingerprint density at radius 2 is 2.08 bits per heavy atom. The van der Waals surface area contributed by atoms with E-state index in [0.717, 1.165) is 27.7 Å². The van der Waals surface area contributed by atoms with Crippen LogP contribution in [0.1, 0.15) is 26.1 Å². The molecular formula is C16H14F2N4OS. The molecule has 0 aliphatic carbocycles. The number of H-pyrrole nitrogens is 1. The number of rotatable bonds is 4. The Morgan fingerprint density at radius 1 is 1.29 bits per heavy atom. The van der Waals surface area contributed by atoms with E-state index in [1.807, 2.05) is 13.8 Å². The van der Waals surface area contributed by atoms with Crippen molar-refractivity contribution in [3.63, 3.8) is 0 Å². The van der Waals surface area contributed by atoms with E-state index in [-0.39, 0.29) is 22.9 Å². The molecule has 0 atom stereocenters. The maximum atomic E-state index is 13.8. The Balaban J connectivity index is 1.73. The van der Waals surface area contributed by atoms with Gasteiger partial charge in [0.15, 0.2) is 0 Å². The molecule has 0 radical (unpaired) electrons. The van der Waals surface area contributed by atoms with Gasteiger partial charge in [-0.2, -0.15) is 5.10 Å². The van der Waals surface area contributed by atoms with E-state index in [4.69, 9.17) is 0 Å². The number of thiazole rings is 1. The van der Waals surface area contributed by atoms with Crippen molar-refractivity contribution in [1.82, 2.24) is 20.5 Å². The third-order valence-corrected chi connectivity index (χ3v) is 4.51. The molecule has 3 aromatic rings. The first-order chi connectivity index (χ1) is 11.4. The predicted molar refractivity (Wildman–Crippen MR) is 86.7 cm³/mol. The van der Waals surface area contributed by atoms with Crippen LogP contribution in [-0.2, 0) is 6.54 Å². The molecule has 2 N–H and O–H groups in total. The lowest BCUT2D eigenvalue weighted by molar-refractivity contribution is 0.0946. The Hall–Kier alpha value is -2.61. The van der Waals surface area contributed by atoms with Gasteiger partial charge in [-0.3, -0.25) is 9.89 Å². The van der Waals surface area contributed by atoms with Gasteiger partial charge in [0.05, 0.1) is 22.9 Å². The summed E-state index contributed by atoms with van der Waals surface area (Å²) in [6.45, 7) is 4.15. The van der Waals surface area contributed by atoms with E-state index < -0.39 is 11.6 Å². The number of nitrogens with one attached hydrogen (secondary N) is 2. The molecule has 0 aliphatic heterocycles. The zero-order valence-electron chi connectivity index (χ0n) is 13.0. The van der Waals surface area contributed by atoms with Gasteiger partial charge >= 0.3 is 0 Å². The molecule has 0 spiro atoms. The van der Waals surface area contributed by atoms with Crippen molar-refractivity contribution < 1.29 is 13.6 Å². The molecule has 0 saturated heterocycles. The van der Waals surface area contributed by atoms with Crippen molar-refractivity contribution in [1.29, 1.82) is 0 Å². The predicted octanol–water partition coefficient (Wildman–Crippen LogP) is 3.36. The second-order valence-corrected chi connectivity index (χ2v) is 6.50. The van der Waals surface area contributed by atoms with Gasteiger partial charge in [-0.05, 0) is 32.0 Å². The molecule has 0 fully saturated rings. The van der Waals surface area contributed by atoms with Crippen molar-refractivity contribution in [2.45, 2.75) is 20.4 Å². The maximum Gasteiger partial charge on any atom is 0.269 e. The van der Waals surface area contributed by atoms with E-state index in [1.165, 1.54) is 23.5 Å². The van der Waals surface area contributed by atoms with E-state index in [2.05, 4.69) is 20.5 Å². The summed E-state index contributed by atoms with van der Waals surface area (Å²) in [6.07, 6.45) is 0. The summed E-state index contributed by atoms with van der Waals surface area (Å²) in [5, 5.41) is 10.2. The Kier molecular flexibility index (Phi) is 4.39. The summed E-state index contributed by atoms with van der Waals surface area (Å²) in [5.41, 5.74) is 1.45. The van der Waals surface area contributed by atoms with Gasteiger partial charge in [0.25, 0.3) is 5.91 Å². The first-order valence-corrected chi connectivity index (χ1v) is 7.97. The van der Waals surface area contributed by atoms with Gasteiger partial charge in [-0.1, -0.05) is 0 Å². The number of aromatic nitrogens is 3. The lowest BCUT2D eigenvalue weighted by Crippen LogP contribution is -2.23. The molecule has 0 aliphatic rings. The number of nitrogens with zero attached hydrogens (tertiary/aromatic N) is 2. The minimum atomic E-state index is -0.732. The molecule has 2 heterocycles. The number of aromatic amines is 1. The van der Waals surface area contributed by atoms with Crippen LogP contribution in [0.2, 0.25) is 0 Å². The van der Waals surface area contributed by atoms with Gasteiger partial charge in [-0.15, -0.1) is 11.3 Å². The Labute approximate surface area is 140 Å². The zero-order valence-corrected chi connectivity index (χ0v) is 13.8. The second kappa shape index (κ2) is 6.48. The first-order valence-electron chi connectivity index (χ1n) is 7.16. The summed E-state index contributed by atoms with van der Waals surface area (Å²) in [5.74, 6) is -1.76. The summed E-state index contributed by atoms with van der Waals surface area (Å²) in [6, 6.07) is 4.63. The number of carbonyl (C=O) groups excluding carboxylic acids is 1. The highest BCUT2D eigenvalue weighted by Crippen LogP contribution is 2.22. The summed E-state index contributed by atoms with van der Waals surface area (Å²) < 4.78 is 26.7. The number of hydrogen-bond donors (Lipinski definition) is 2. The molecule has 8 heteroatoms. The Morgan fingerprint density at radius 3 is 2.75 bits per heavy atom. The average molecular weight is 348 g/mol. The maximum absolute atomic E-state index is 13.8. The number of aryl methyl sites for hydroxylation is 2. The van der Waals surface area contributed by atoms with Crippen molar-refractivity contribution in [3.05, 3.63) is 57.2 Å². The van der Waals surface area contributed by atoms with Crippen LogP contribution in [0, 0.1) is 25.5 Å². The summed E-state index contributed by atoms with van der Waals surface area (Å²) >= 11 is 1.52. The van der Waals surface area contributed by atoms with E-state index in [9.17, 15) is 13.6 Å². The standard InChI is InChI=1S/C16H14F2N4OS/c1-8-15(24-9(2)20-8)7-19-16(23)14-6-13(21-22-14)11-4-3-10(17)5-12(11)18/h3-6H,7H2,1-2H3,(H,19,23)(H,21,22). The van der Waals surface area contributed by atoms with Gasteiger partial charge in [0.1, 0.15) is 17.3 Å². The van der Waals surface area contributed by atoms with Crippen LogP contribution in [0.5, 0.6) is 0 Å². The third-order valence-electron chi connectivity index (χ3n) is 3.44. The van der Waals surface area contributed by atoms with Crippen molar-refractivity contribution in [3.8, 4) is 11.3 Å². The molecule has 1 aromatic carbocycles. The van der Waals surface area contributed by atoms with Crippen LogP contribution in [-0.4, -0.2) is 21.1 Å². The lowest BCUT2D eigenvalue weighted by Gasteiger charge is -2.01. The van der Waals surface area contributed by atoms with Crippen molar-refractivity contribution >= 4 is 17.2 Å². The zero-order chi connectivity index (χ0) is 17.3. The van der Waals surface area contributed by atoms with Crippen molar-refractivity contribution in [2.24, 2.45) is 0 Å². The fourth-order valence-corrected chi connectivity index (χ4v) is 3.14. The molecule has 124 valence electrons. The van der Waals surface area contributed by atoms with Gasteiger partial charge in [0.2, 0.25) is 0 Å². The molecule has 3 rings (SSSR count). The number of carbonyl (C=O) groups is 1. The highest BCUT2D eigenvalue weighted by atomic mass is 32.1. The molecular weight excluding hydrogens is 334 g/mol. The number of benzene rings is 1. The average Bonchev–Trinajstić information content (AvgIpc) is 3.11. The molecule has 24 heavy (non-hydrogen) atoms. The van der Waals surface area contributed by atoms with E-state index >= 15 is 0 Å². The summed E-state index contributed by atoms with van der Waals surface area (Å²) in [4.78, 5) is 17.4. The largest absolute Gasteiger partial charge is 0.346 e. The van der Waals surface area contributed by atoms with Crippen molar-refractivity contribution in [2.75, 3.05) is 0 Å². The number of hydrogen-bond acceptors (Lipinski definition) is 4. The molecule has 0 bridgehead atoms. The van der Waals surface area contributed by atoms with E-state index in [1.54, 1.807) is 0 Å². The topological polar surface area (TPSA) is 70.7 Å².